The van der Waals surface area contributed by atoms with Gasteiger partial charge in [0.2, 0.25) is 0 Å². The first-order valence-electron chi connectivity index (χ1n) is 2.18. The van der Waals surface area contributed by atoms with E-state index >= 15 is 0 Å². The number of phosphoric acid groups is 1. The summed E-state index contributed by atoms with van der Waals surface area (Å²) in [6.45, 7) is 3.12. The van der Waals surface area contributed by atoms with Crippen molar-refractivity contribution in [1.82, 2.24) is 0 Å². The zero-order chi connectivity index (χ0) is 9.49. The van der Waals surface area contributed by atoms with E-state index in [2.05, 4.69) is 18.4 Å². The molecule has 0 saturated carbocycles. The van der Waals surface area contributed by atoms with Crippen molar-refractivity contribution in [1.29, 1.82) is 0 Å². The second-order valence-electron chi connectivity index (χ2n) is 1.18. The Labute approximate surface area is 91.8 Å². The Morgan fingerprint density at radius 2 is 1.75 bits per heavy atom. The van der Waals surface area contributed by atoms with Crippen molar-refractivity contribution >= 4 is 13.8 Å². The number of esters is 1. The van der Waals surface area contributed by atoms with Crippen molar-refractivity contribution in [2.45, 2.75) is 0 Å². The zero-order valence-electron chi connectivity index (χ0n) is 6.51. The minimum Gasteiger partial charge on any atom is -0.637 e. The molecule has 0 bridgehead atoms. The third-order valence-electron chi connectivity index (χ3n) is 0.309. The van der Waals surface area contributed by atoms with E-state index in [1.807, 2.05) is 0 Å². The Morgan fingerprint density at radius 1 is 1.50 bits per heavy atom. The summed E-state index contributed by atoms with van der Waals surface area (Å²) in [5, 5.41) is 0. The quantitative estimate of drug-likeness (QED) is 0.136. The normalized spacial score (nSPS) is 8.33. The van der Waals surface area contributed by atoms with Crippen molar-refractivity contribution in [2.75, 3.05) is 0 Å². The fourth-order valence-corrected chi connectivity index (χ4v) is 0.0589. The molecule has 0 radical (unpaired) electrons. The molecule has 0 saturated heterocycles. The SMILES string of the molecule is C=CC(=O)O[CH2-].O=P(O)(O)O.[Na+]. The Morgan fingerprint density at radius 3 is 1.75 bits per heavy atom. The van der Waals surface area contributed by atoms with E-state index in [9.17, 15) is 4.79 Å². The maximum atomic E-state index is 9.78. The zero-order valence-corrected chi connectivity index (χ0v) is 9.40. The fourth-order valence-electron chi connectivity index (χ4n) is 0.0589. The number of carbonyl (C=O) groups is 1. The van der Waals surface area contributed by atoms with Gasteiger partial charge in [-0.3, -0.25) is 0 Å². The maximum absolute atomic E-state index is 9.78. The van der Waals surface area contributed by atoms with Crippen LogP contribution in [0.5, 0.6) is 0 Å². The van der Waals surface area contributed by atoms with Crippen LogP contribution in [-0.2, 0) is 14.1 Å². The van der Waals surface area contributed by atoms with E-state index in [0.29, 0.717) is 0 Å². The topological polar surface area (TPSA) is 104 Å². The van der Waals surface area contributed by atoms with E-state index in [1.54, 1.807) is 0 Å². The molecule has 0 aromatic carbocycles. The summed E-state index contributed by atoms with van der Waals surface area (Å²) >= 11 is 0. The molecule has 0 spiro atoms. The molecule has 0 aromatic heterocycles. The average molecular weight is 206 g/mol. The second-order valence-corrected chi connectivity index (χ2v) is 2.21. The molecule has 3 N–H and O–H groups in total. The monoisotopic (exact) mass is 206 g/mol. The molecule has 0 rings (SSSR count). The molecule has 0 amide bonds. The van der Waals surface area contributed by atoms with Crippen molar-refractivity contribution in [3.05, 3.63) is 19.8 Å². The summed E-state index contributed by atoms with van der Waals surface area (Å²) in [5.74, 6) is -0.505. The predicted octanol–water partition coefficient (Wildman–Crippen LogP) is -3.42. The molecule has 6 nitrogen and oxygen atoms in total. The van der Waals surface area contributed by atoms with Gasteiger partial charge in [-0.15, -0.1) is 0 Å². The van der Waals surface area contributed by atoms with Crippen LogP contribution >= 0.6 is 7.82 Å². The summed E-state index contributed by atoms with van der Waals surface area (Å²) in [6, 6.07) is 0. The number of rotatable bonds is 1. The van der Waals surface area contributed by atoms with E-state index in [-0.39, 0.29) is 29.6 Å². The van der Waals surface area contributed by atoms with E-state index in [4.69, 9.17) is 19.2 Å². The first-order valence-corrected chi connectivity index (χ1v) is 3.74. The van der Waals surface area contributed by atoms with Gasteiger partial charge in [-0.05, 0) is 0 Å². The number of hydrogen-bond acceptors (Lipinski definition) is 3. The van der Waals surface area contributed by atoms with Gasteiger partial charge in [0, 0.05) is 6.08 Å². The van der Waals surface area contributed by atoms with Gasteiger partial charge >= 0.3 is 37.4 Å². The molecule has 0 aliphatic rings. The number of ether oxygens (including phenoxy) is 1. The molecule has 0 fully saturated rings. The first kappa shape index (κ1) is 18.2. The van der Waals surface area contributed by atoms with Gasteiger partial charge in [0.05, 0.1) is 0 Å². The van der Waals surface area contributed by atoms with Gasteiger partial charge in [0.25, 0.3) is 5.97 Å². The van der Waals surface area contributed by atoms with Crippen LogP contribution in [0.25, 0.3) is 0 Å². The minimum absolute atomic E-state index is 0. The molecule has 0 aliphatic heterocycles. The summed E-state index contributed by atoms with van der Waals surface area (Å²) in [5.41, 5.74) is 0. The van der Waals surface area contributed by atoms with Gasteiger partial charge in [0.15, 0.2) is 0 Å². The summed E-state index contributed by atoms with van der Waals surface area (Å²) in [6.07, 6.45) is 1.05. The van der Waals surface area contributed by atoms with Gasteiger partial charge in [-0.2, -0.15) is 7.11 Å². The minimum atomic E-state index is -4.64. The number of carbonyl (C=O) groups excluding carboxylic acids is 1. The Hall–Kier alpha value is 0.320. The first-order chi connectivity index (χ1) is 4.81. The van der Waals surface area contributed by atoms with Gasteiger partial charge in [-0.1, -0.05) is 6.58 Å². The standard InChI is InChI=1S/C4H5O2.Na.H3O4P/c1-3-4(5)6-2;;1-5(2,3)4/h3H,1-2H2;;(H3,1,2,3,4)/q-1;+1;. The van der Waals surface area contributed by atoms with E-state index in [0.717, 1.165) is 6.08 Å². The molecule has 8 heteroatoms. The predicted molar refractivity (Wildman–Crippen MR) is 35.9 cm³/mol. The molecule has 0 atom stereocenters. The van der Waals surface area contributed by atoms with Crippen LogP contribution < -0.4 is 29.6 Å². The Balaban J connectivity index is -0.000000126. The Bertz CT molecular complexity index is 166. The van der Waals surface area contributed by atoms with E-state index in [1.165, 1.54) is 0 Å². The molecular weight excluding hydrogens is 198 g/mol. The van der Waals surface area contributed by atoms with Gasteiger partial charge in [-0.25, -0.2) is 9.36 Å². The average Bonchev–Trinajstić information content (AvgIpc) is 1.83. The van der Waals surface area contributed by atoms with Crippen LogP contribution in [-0.4, -0.2) is 20.6 Å². The summed E-state index contributed by atoms with van der Waals surface area (Å²) < 4.78 is 12.8. The van der Waals surface area contributed by atoms with Crippen molar-refractivity contribution in [3.8, 4) is 0 Å². The van der Waals surface area contributed by atoms with E-state index < -0.39 is 13.8 Å². The Kier molecular flexibility index (Phi) is 14.2. The molecular formula is C4H8NaO6P. The second kappa shape index (κ2) is 9.41. The van der Waals surface area contributed by atoms with Crippen molar-refractivity contribution in [2.24, 2.45) is 0 Å². The number of hydrogen-bond donors (Lipinski definition) is 3. The van der Waals surface area contributed by atoms with Crippen LogP contribution in [0, 0.1) is 7.11 Å². The van der Waals surface area contributed by atoms with Crippen molar-refractivity contribution < 1.29 is 58.3 Å². The smallest absolute Gasteiger partial charge is 0.637 e. The molecule has 0 aliphatic carbocycles. The molecule has 0 unspecified atom stereocenters. The third kappa shape index (κ3) is 48.0. The van der Waals surface area contributed by atoms with Crippen LogP contribution in [0.3, 0.4) is 0 Å². The van der Waals surface area contributed by atoms with Crippen LogP contribution in [0.4, 0.5) is 0 Å². The van der Waals surface area contributed by atoms with Crippen LogP contribution in [0.15, 0.2) is 12.7 Å². The van der Waals surface area contributed by atoms with Crippen LogP contribution in [0.2, 0.25) is 0 Å². The van der Waals surface area contributed by atoms with Gasteiger partial charge in [0.1, 0.15) is 0 Å². The molecule has 0 heterocycles. The molecule has 0 aromatic rings. The summed E-state index contributed by atoms with van der Waals surface area (Å²) in [4.78, 5) is 31.3. The van der Waals surface area contributed by atoms with Crippen LogP contribution in [0.1, 0.15) is 0 Å². The maximum Gasteiger partial charge on any atom is 1.00 e. The summed E-state index contributed by atoms with van der Waals surface area (Å²) in [7, 11) is -1.80. The fraction of sp³-hybridized carbons (Fsp3) is 0. The molecule has 12 heavy (non-hydrogen) atoms. The van der Waals surface area contributed by atoms with Gasteiger partial charge < -0.3 is 19.4 Å². The largest absolute Gasteiger partial charge is 1.00 e. The molecule has 66 valence electrons. The third-order valence-corrected chi connectivity index (χ3v) is 0.309. The van der Waals surface area contributed by atoms with Crippen molar-refractivity contribution in [3.63, 3.8) is 0 Å².